The smallest absolute Gasteiger partial charge is 0.321 e. The molecular formula is C16H13F3N2O3S4. The Hall–Kier alpha value is -1.63. The fraction of sp³-hybridized carbons (Fsp3) is 0.250. The summed E-state index contributed by atoms with van der Waals surface area (Å²) in [5.41, 5.74) is 1.12. The molecule has 28 heavy (non-hydrogen) atoms. The molecule has 2 heterocycles. The van der Waals surface area contributed by atoms with Crippen LogP contribution in [0.15, 0.2) is 38.9 Å². The molecule has 3 aromatic rings. The van der Waals surface area contributed by atoms with Crippen molar-refractivity contribution < 1.29 is 26.4 Å². The predicted octanol–water partition coefficient (Wildman–Crippen LogP) is 5.06. The maximum absolute atomic E-state index is 12.3. The highest BCUT2D eigenvalue weighted by Crippen LogP contribution is 2.33. The number of rotatable bonds is 6. The molecule has 0 fully saturated rings. The zero-order valence-electron chi connectivity index (χ0n) is 14.2. The van der Waals surface area contributed by atoms with E-state index < -0.39 is 28.3 Å². The number of sulfone groups is 1. The molecule has 0 aliphatic heterocycles. The molecule has 2 aromatic heterocycles. The summed E-state index contributed by atoms with van der Waals surface area (Å²) in [6.45, 7) is 0. The Bertz CT molecular complexity index is 1120. The molecule has 12 heteroatoms. The summed E-state index contributed by atoms with van der Waals surface area (Å²) in [4.78, 5) is 16.8. The van der Waals surface area contributed by atoms with Crippen LogP contribution in [-0.4, -0.2) is 37.5 Å². The van der Waals surface area contributed by atoms with Crippen molar-refractivity contribution in [1.29, 1.82) is 0 Å². The molecule has 0 atom stereocenters. The van der Waals surface area contributed by atoms with Crippen LogP contribution in [0.5, 0.6) is 0 Å². The van der Waals surface area contributed by atoms with E-state index in [-0.39, 0.29) is 14.8 Å². The third-order valence-corrected chi connectivity index (χ3v) is 8.48. The molecule has 1 amide bonds. The fourth-order valence-electron chi connectivity index (χ4n) is 2.13. The molecule has 0 bridgehead atoms. The maximum atomic E-state index is 12.3. The van der Waals surface area contributed by atoms with Crippen molar-refractivity contribution in [1.82, 2.24) is 4.98 Å². The lowest BCUT2D eigenvalue weighted by Crippen LogP contribution is -2.09. The Morgan fingerprint density at radius 3 is 2.61 bits per heavy atom. The van der Waals surface area contributed by atoms with Gasteiger partial charge >= 0.3 is 6.18 Å². The van der Waals surface area contributed by atoms with Gasteiger partial charge in [-0.2, -0.15) is 13.2 Å². The lowest BCUT2D eigenvalue weighted by molar-refractivity contribution is -0.129. The van der Waals surface area contributed by atoms with Crippen molar-refractivity contribution >= 4 is 66.1 Å². The van der Waals surface area contributed by atoms with Gasteiger partial charge in [0, 0.05) is 17.7 Å². The number of thiophene rings is 1. The van der Waals surface area contributed by atoms with Gasteiger partial charge in [0.15, 0.2) is 14.2 Å². The van der Waals surface area contributed by atoms with Gasteiger partial charge in [0.2, 0.25) is 0 Å². The van der Waals surface area contributed by atoms with Crippen molar-refractivity contribution in [3.63, 3.8) is 0 Å². The fourth-order valence-corrected chi connectivity index (χ4v) is 6.12. The minimum Gasteiger partial charge on any atom is -0.321 e. The number of anilines is 1. The monoisotopic (exact) mass is 466 g/mol. The SMILES string of the molecule is CS(=O)(=O)c1ccc(C(=O)Nc2ccc3nc(SCCC(F)(F)F)sc3c2)s1. The molecule has 0 aliphatic rings. The normalized spacial score (nSPS) is 12.4. The van der Waals surface area contributed by atoms with Crippen LogP contribution in [-0.2, 0) is 9.84 Å². The summed E-state index contributed by atoms with van der Waals surface area (Å²) in [6, 6.07) is 7.81. The third kappa shape index (κ3) is 5.46. The van der Waals surface area contributed by atoms with Crippen LogP contribution in [0.25, 0.3) is 10.2 Å². The molecule has 1 N–H and O–H groups in total. The number of nitrogens with zero attached hydrogens (tertiary/aromatic N) is 1. The van der Waals surface area contributed by atoms with Crippen molar-refractivity contribution in [3.05, 3.63) is 35.2 Å². The van der Waals surface area contributed by atoms with E-state index in [9.17, 15) is 26.4 Å². The Labute approximate surface area is 170 Å². The lowest BCUT2D eigenvalue weighted by atomic mass is 10.3. The highest BCUT2D eigenvalue weighted by Gasteiger charge is 2.26. The van der Waals surface area contributed by atoms with E-state index in [1.165, 1.54) is 23.5 Å². The number of thiazole rings is 1. The Kier molecular flexibility index (Phi) is 6.03. The summed E-state index contributed by atoms with van der Waals surface area (Å²) in [7, 11) is -3.37. The summed E-state index contributed by atoms with van der Waals surface area (Å²) >= 11 is 3.17. The van der Waals surface area contributed by atoms with Crippen molar-refractivity contribution in [2.75, 3.05) is 17.3 Å². The number of hydrogen-bond acceptors (Lipinski definition) is 7. The summed E-state index contributed by atoms with van der Waals surface area (Å²) < 4.78 is 61.1. The molecule has 3 rings (SSSR count). The Morgan fingerprint density at radius 1 is 1.21 bits per heavy atom. The molecular weight excluding hydrogens is 453 g/mol. The van der Waals surface area contributed by atoms with Gasteiger partial charge in [-0.3, -0.25) is 4.79 Å². The number of aromatic nitrogens is 1. The predicted molar refractivity (Wildman–Crippen MR) is 106 cm³/mol. The first kappa shape index (κ1) is 21.1. The Morgan fingerprint density at radius 2 is 1.96 bits per heavy atom. The van der Waals surface area contributed by atoms with E-state index in [1.807, 2.05) is 0 Å². The molecule has 0 saturated heterocycles. The Balaban J connectivity index is 1.70. The number of alkyl halides is 3. The molecule has 150 valence electrons. The van der Waals surface area contributed by atoms with E-state index in [0.29, 0.717) is 15.5 Å². The highest BCUT2D eigenvalue weighted by atomic mass is 32.2. The van der Waals surface area contributed by atoms with Gasteiger partial charge in [-0.1, -0.05) is 11.8 Å². The molecule has 0 saturated carbocycles. The van der Waals surface area contributed by atoms with Crippen molar-refractivity contribution in [3.8, 4) is 0 Å². The van der Waals surface area contributed by atoms with E-state index >= 15 is 0 Å². The molecule has 0 unspecified atom stereocenters. The van der Waals surface area contributed by atoms with Gasteiger partial charge in [0.05, 0.1) is 21.5 Å². The molecule has 1 aromatic carbocycles. The van der Waals surface area contributed by atoms with Crippen LogP contribution in [0, 0.1) is 0 Å². The summed E-state index contributed by atoms with van der Waals surface area (Å²) in [5, 5.41) is 2.69. The number of benzene rings is 1. The van der Waals surface area contributed by atoms with Crippen LogP contribution in [0.4, 0.5) is 18.9 Å². The zero-order valence-corrected chi connectivity index (χ0v) is 17.5. The van der Waals surface area contributed by atoms with Crippen LogP contribution < -0.4 is 5.32 Å². The standard InChI is InChI=1S/C16H13F3N2O3S4/c1-28(23,24)13-5-4-11(26-13)14(22)20-9-2-3-10-12(8-9)27-15(21-10)25-7-6-16(17,18)19/h2-5,8H,6-7H2,1H3,(H,20,22). The largest absolute Gasteiger partial charge is 0.389 e. The first-order valence-corrected chi connectivity index (χ1v) is 12.2. The van der Waals surface area contributed by atoms with Gasteiger partial charge in [-0.25, -0.2) is 13.4 Å². The van der Waals surface area contributed by atoms with Crippen molar-refractivity contribution in [2.24, 2.45) is 0 Å². The quantitative estimate of drug-likeness (QED) is 0.514. The number of nitrogens with one attached hydrogen (secondary N) is 1. The number of fused-ring (bicyclic) bond motifs is 1. The van der Waals surface area contributed by atoms with Crippen LogP contribution in [0.2, 0.25) is 0 Å². The average molecular weight is 467 g/mol. The van der Waals surface area contributed by atoms with Crippen LogP contribution >= 0.6 is 34.4 Å². The average Bonchev–Trinajstić information content (AvgIpc) is 3.19. The second-order valence-corrected chi connectivity index (χ2v) is 11.4. The molecule has 0 radical (unpaired) electrons. The van der Waals surface area contributed by atoms with Crippen LogP contribution in [0.1, 0.15) is 16.1 Å². The molecule has 0 aliphatic carbocycles. The van der Waals surface area contributed by atoms with Crippen molar-refractivity contribution in [2.45, 2.75) is 21.1 Å². The topological polar surface area (TPSA) is 76.1 Å². The second kappa shape index (κ2) is 8.01. The maximum Gasteiger partial charge on any atom is 0.389 e. The van der Waals surface area contributed by atoms with Gasteiger partial charge in [-0.15, -0.1) is 22.7 Å². The molecule has 0 spiro atoms. The first-order valence-electron chi connectivity index (χ1n) is 7.73. The van der Waals surface area contributed by atoms with E-state index in [1.54, 1.807) is 18.2 Å². The van der Waals surface area contributed by atoms with E-state index in [2.05, 4.69) is 10.3 Å². The number of halogens is 3. The number of carbonyl (C=O) groups is 1. The highest BCUT2D eigenvalue weighted by molar-refractivity contribution is 8.01. The summed E-state index contributed by atoms with van der Waals surface area (Å²) in [6.07, 6.45) is -4.01. The van der Waals surface area contributed by atoms with E-state index in [4.69, 9.17) is 0 Å². The zero-order chi connectivity index (χ0) is 20.5. The minimum absolute atomic E-state index is 0.103. The number of carbonyl (C=O) groups excluding carboxylic acids is 1. The third-order valence-electron chi connectivity index (χ3n) is 3.41. The van der Waals surface area contributed by atoms with E-state index in [0.717, 1.165) is 34.1 Å². The van der Waals surface area contributed by atoms with Gasteiger partial charge in [0.25, 0.3) is 5.91 Å². The minimum atomic E-state index is -4.19. The lowest BCUT2D eigenvalue weighted by Gasteiger charge is -2.03. The van der Waals surface area contributed by atoms with Gasteiger partial charge in [-0.05, 0) is 30.3 Å². The first-order chi connectivity index (χ1) is 13.0. The van der Waals surface area contributed by atoms with Gasteiger partial charge < -0.3 is 5.32 Å². The number of thioether (sulfide) groups is 1. The number of hydrogen-bond donors (Lipinski definition) is 1. The van der Waals surface area contributed by atoms with Crippen LogP contribution in [0.3, 0.4) is 0 Å². The van der Waals surface area contributed by atoms with Gasteiger partial charge in [0.1, 0.15) is 4.21 Å². The number of amides is 1. The summed E-state index contributed by atoms with van der Waals surface area (Å²) in [5.74, 6) is -0.544. The molecule has 5 nitrogen and oxygen atoms in total. The second-order valence-electron chi connectivity index (χ2n) is 5.72.